The second-order valence-electron chi connectivity index (χ2n) is 9.10. The molecule has 176 valence electrons. The molecule has 1 aromatic heterocycles. The summed E-state index contributed by atoms with van der Waals surface area (Å²) < 4.78 is 6.19. The number of rotatable bonds is 6. The third kappa shape index (κ3) is 5.14. The third-order valence-corrected chi connectivity index (χ3v) is 7.99. The zero-order valence-electron chi connectivity index (χ0n) is 18.7. The molecule has 0 atom stereocenters. The van der Waals surface area contributed by atoms with Crippen molar-refractivity contribution in [2.45, 2.75) is 57.2 Å². The van der Waals surface area contributed by atoms with E-state index in [0.717, 1.165) is 39.7 Å². The highest BCUT2D eigenvalue weighted by atomic mass is 32.1. The Morgan fingerprint density at radius 3 is 2.61 bits per heavy atom. The number of hydrogen-bond acceptors (Lipinski definition) is 6. The van der Waals surface area contributed by atoms with Gasteiger partial charge in [0.1, 0.15) is 23.4 Å². The number of likely N-dealkylation sites (tertiary alicyclic amines) is 1. The Bertz CT molecular complexity index is 996. The quantitative estimate of drug-likeness (QED) is 0.672. The molecule has 8 nitrogen and oxygen atoms in total. The molecule has 33 heavy (non-hydrogen) atoms. The normalized spacial score (nSPS) is 22.8. The highest BCUT2D eigenvalue weighted by molar-refractivity contribution is 7.15. The molecular weight excluding hydrogens is 440 g/mol. The molecule has 1 aliphatic carbocycles. The molecule has 2 aliphatic heterocycles. The monoisotopic (exact) mass is 470 g/mol. The molecule has 1 saturated heterocycles. The lowest BCUT2D eigenvalue weighted by Gasteiger charge is -2.44. The van der Waals surface area contributed by atoms with Crippen LogP contribution in [-0.2, 0) is 17.8 Å². The zero-order chi connectivity index (χ0) is 22.8. The number of fused-ring (bicyclic) bond motifs is 1. The molecule has 2 N–H and O–H groups in total. The van der Waals surface area contributed by atoms with Crippen LogP contribution in [0.4, 0.5) is 4.79 Å². The van der Waals surface area contributed by atoms with Crippen molar-refractivity contribution in [1.29, 1.82) is 0 Å². The maximum absolute atomic E-state index is 12.2. The summed E-state index contributed by atoms with van der Waals surface area (Å²) in [6, 6.07) is 8.86. The van der Waals surface area contributed by atoms with Crippen molar-refractivity contribution in [2.24, 2.45) is 0 Å². The number of thiazole rings is 1. The second-order valence-corrected chi connectivity index (χ2v) is 10.2. The van der Waals surface area contributed by atoms with Gasteiger partial charge in [-0.2, -0.15) is 0 Å². The van der Waals surface area contributed by atoms with Crippen LogP contribution in [0, 0.1) is 0 Å². The molecule has 0 bridgehead atoms. The minimum Gasteiger partial charge on any atom is -0.490 e. The van der Waals surface area contributed by atoms with E-state index >= 15 is 0 Å². The lowest BCUT2D eigenvalue weighted by molar-refractivity contribution is -0.131. The van der Waals surface area contributed by atoms with Crippen molar-refractivity contribution in [2.75, 3.05) is 26.2 Å². The van der Waals surface area contributed by atoms with Gasteiger partial charge in [0.2, 0.25) is 5.91 Å². The van der Waals surface area contributed by atoms with E-state index in [-0.39, 0.29) is 12.5 Å². The summed E-state index contributed by atoms with van der Waals surface area (Å²) >= 11 is 1.60. The summed E-state index contributed by atoms with van der Waals surface area (Å²) in [5.41, 5.74) is 2.08. The van der Waals surface area contributed by atoms with Gasteiger partial charge in [-0.3, -0.25) is 4.79 Å². The van der Waals surface area contributed by atoms with Crippen LogP contribution >= 0.6 is 11.3 Å². The molecule has 1 saturated carbocycles. The SMILES string of the molecule is O=C(O)NCC(=O)N1CCc2nc(-c3ccc(O[C@H]4C[C@H](N5CCCCC5)C4)cc3)sc2C1. The standard InChI is InChI=1S/C24H30N4O4S/c29-22(14-25-24(30)31)28-11-8-20-21(15-28)33-23(26-20)16-4-6-18(7-5-16)32-19-12-17(13-19)27-9-2-1-3-10-27/h4-7,17,19,25H,1-3,8-15H2,(H,30,31)/t17-,19-. The van der Waals surface area contributed by atoms with E-state index in [9.17, 15) is 9.59 Å². The van der Waals surface area contributed by atoms with E-state index in [2.05, 4.69) is 22.3 Å². The Labute approximate surface area is 197 Å². The summed E-state index contributed by atoms with van der Waals surface area (Å²) in [7, 11) is 0. The molecule has 0 spiro atoms. The Hall–Kier alpha value is -2.65. The van der Waals surface area contributed by atoms with Crippen molar-refractivity contribution >= 4 is 23.3 Å². The number of amides is 2. The van der Waals surface area contributed by atoms with E-state index in [1.54, 1.807) is 16.2 Å². The number of aromatic nitrogens is 1. The number of carbonyl (C=O) groups is 2. The molecule has 2 amide bonds. The number of carboxylic acid groups (broad SMARTS) is 1. The predicted molar refractivity (Wildman–Crippen MR) is 126 cm³/mol. The minimum absolute atomic E-state index is 0.197. The third-order valence-electron chi connectivity index (χ3n) is 6.86. The number of ether oxygens (including phenoxy) is 1. The van der Waals surface area contributed by atoms with Crippen molar-refractivity contribution < 1.29 is 19.4 Å². The highest BCUT2D eigenvalue weighted by Crippen LogP contribution is 2.34. The largest absolute Gasteiger partial charge is 0.490 e. The van der Waals surface area contributed by atoms with E-state index in [4.69, 9.17) is 14.8 Å². The first-order valence-electron chi connectivity index (χ1n) is 11.8. The van der Waals surface area contributed by atoms with Gasteiger partial charge in [0.25, 0.3) is 0 Å². The lowest BCUT2D eigenvalue weighted by atomic mass is 9.86. The van der Waals surface area contributed by atoms with Gasteiger partial charge in [-0.1, -0.05) is 6.42 Å². The topological polar surface area (TPSA) is 95.0 Å². The Morgan fingerprint density at radius 1 is 1.12 bits per heavy atom. The van der Waals surface area contributed by atoms with Crippen molar-refractivity contribution in [3.63, 3.8) is 0 Å². The molecule has 1 aromatic carbocycles. The van der Waals surface area contributed by atoms with E-state index in [1.807, 2.05) is 12.1 Å². The molecule has 9 heteroatoms. The van der Waals surface area contributed by atoms with Crippen molar-refractivity contribution in [1.82, 2.24) is 20.1 Å². The summed E-state index contributed by atoms with van der Waals surface area (Å²) in [6.45, 7) is 3.33. The average molecular weight is 471 g/mol. The number of benzene rings is 1. The van der Waals surface area contributed by atoms with Crippen LogP contribution in [0.5, 0.6) is 5.75 Å². The molecular formula is C24H30N4O4S. The highest BCUT2D eigenvalue weighted by Gasteiger charge is 2.35. The Balaban J connectivity index is 1.15. The van der Waals surface area contributed by atoms with Crippen molar-refractivity contribution in [3.8, 4) is 16.3 Å². The summed E-state index contributed by atoms with van der Waals surface area (Å²) in [5.74, 6) is 0.697. The molecule has 3 aliphatic rings. The molecule has 2 fully saturated rings. The fourth-order valence-electron chi connectivity index (χ4n) is 4.88. The van der Waals surface area contributed by atoms with Gasteiger partial charge in [-0.05, 0) is 50.2 Å². The average Bonchev–Trinajstić information content (AvgIpc) is 3.24. The van der Waals surface area contributed by atoms with Gasteiger partial charge in [0.05, 0.1) is 12.2 Å². The first-order valence-corrected chi connectivity index (χ1v) is 12.6. The maximum Gasteiger partial charge on any atom is 0.405 e. The van der Waals surface area contributed by atoms with Gasteiger partial charge < -0.3 is 25.0 Å². The molecule has 5 rings (SSSR count). The van der Waals surface area contributed by atoms with Crippen LogP contribution in [0.15, 0.2) is 24.3 Å². The number of nitrogens with zero attached hydrogens (tertiary/aromatic N) is 3. The van der Waals surface area contributed by atoms with Crippen LogP contribution in [0.3, 0.4) is 0 Å². The minimum atomic E-state index is -1.19. The second kappa shape index (κ2) is 9.69. The van der Waals surface area contributed by atoms with Crippen molar-refractivity contribution in [3.05, 3.63) is 34.8 Å². The van der Waals surface area contributed by atoms with Crippen LogP contribution in [-0.4, -0.2) is 70.2 Å². The number of carbonyl (C=O) groups excluding carboxylic acids is 1. The summed E-state index contributed by atoms with van der Waals surface area (Å²) in [5, 5.41) is 11.8. The first-order chi connectivity index (χ1) is 16.0. The zero-order valence-corrected chi connectivity index (χ0v) is 19.5. The van der Waals surface area contributed by atoms with E-state index in [1.165, 1.54) is 32.4 Å². The lowest BCUT2D eigenvalue weighted by Crippen LogP contribution is -2.50. The maximum atomic E-state index is 12.2. The van der Waals surface area contributed by atoms with Gasteiger partial charge in [-0.15, -0.1) is 11.3 Å². The van der Waals surface area contributed by atoms with E-state index < -0.39 is 6.09 Å². The predicted octanol–water partition coefficient (Wildman–Crippen LogP) is 3.36. The molecule has 0 unspecified atom stereocenters. The number of piperidine rings is 1. The molecule has 0 radical (unpaired) electrons. The fraction of sp³-hybridized carbons (Fsp3) is 0.542. The fourth-order valence-corrected chi connectivity index (χ4v) is 6.01. The smallest absolute Gasteiger partial charge is 0.405 e. The Kier molecular flexibility index (Phi) is 6.50. The van der Waals surface area contributed by atoms with Gasteiger partial charge in [0, 0.05) is 42.3 Å². The molecule has 2 aromatic rings. The van der Waals surface area contributed by atoms with Crippen LogP contribution in [0.25, 0.3) is 10.6 Å². The number of nitrogens with one attached hydrogen (secondary N) is 1. The summed E-state index contributed by atoms with van der Waals surface area (Å²) in [4.78, 5) is 33.0. The van der Waals surface area contributed by atoms with Gasteiger partial charge in [0.15, 0.2) is 0 Å². The summed E-state index contributed by atoms with van der Waals surface area (Å²) in [6.07, 6.45) is 6.10. The Morgan fingerprint density at radius 2 is 1.88 bits per heavy atom. The number of hydrogen-bond donors (Lipinski definition) is 2. The van der Waals surface area contributed by atoms with Crippen LogP contribution < -0.4 is 10.1 Å². The first kappa shape index (κ1) is 22.2. The van der Waals surface area contributed by atoms with Crippen LogP contribution in [0.2, 0.25) is 0 Å². The van der Waals surface area contributed by atoms with E-state index in [0.29, 0.717) is 31.7 Å². The van der Waals surface area contributed by atoms with Gasteiger partial charge >= 0.3 is 6.09 Å². The van der Waals surface area contributed by atoms with Crippen LogP contribution in [0.1, 0.15) is 42.7 Å². The molecule has 3 heterocycles. The van der Waals surface area contributed by atoms with Gasteiger partial charge in [-0.25, -0.2) is 9.78 Å².